The molecule has 0 saturated heterocycles. The predicted octanol–water partition coefficient (Wildman–Crippen LogP) is 3.66. The van der Waals surface area contributed by atoms with E-state index in [0.29, 0.717) is 40.3 Å². The van der Waals surface area contributed by atoms with Crippen LogP contribution in [0.4, 0.5) is 5.13 Å². The van der Waals surface area contributed by atoms with Crippen LogP contribution in [0, 0.1) is 0 Å². The molecule has 0 bridgehead atoms. The zero-order chi connectivity index (χ0) is 23.6. The van der Waals surface area contributed by atoms with Gasteiger partial charge in [-0.25, -0.2) is 9.78 Å². The molecule has 0 spiro atoms. The molecule has 0 aliphatic heterocycles. The lowest BCUT2D eigenvalue weighted by molar-refractivity contribution is -0.142. The van der Waals surface area contributed by atoms with Crippen LogP contribution >= 0.6 is 11.3 Å². The van der Waals surface area contributed by atoms with Gasteiger partial charge < -0.3 is 23.4 Å². The van der Waals surface area contributed by atoms with E-state index in [2.05, 4.69) is 20.2 Å². The van der Waals surface area contributed by atoms with Crippen molar-refractivity contribution in [2.45, 2.75) is 20.0 Å². The third-order valence-electron chi connectivity index (χ3n) is 4.18. The summed E-state index contributed by atoms with van der Waals surface area (Å²) in [6.07, 6.45) is 1.67. The molecule has 2 aromatic heterocycles. The van der Waals surface area contributed by atoms with Gasteiger partial charge in [-0.3, -0.25) is 10.2 Å². The summed E-state index contributed by atoms with van der Waals surface area (Å²) in [5.41, 5.74) is 4.08. The molecular formula is C22H23N3O7S. The fourth-order valence-electron chi connectivity index (χ4n) is 2.72. The van der Waals surface area contributed by atoms with E-state index in [0.717, 1.165) is 0 Å². The summed E-state index contributed by atoms with van der Waals surface area (Å²) in [6, 6.07) is 8.51. The second-order valence-corrected chi connectivity index (χ2v) is 7.28. The third-order valence-corrected chi connectivity index (χ3v) is 4.98. The van der Waals surface area contributed by atoms with Gasteiger partial charge in [0, 0.05) is 10.9 Å². The number of nitrogens with zero attached hydrogens (tertiary/aromatic N) is 2. The van der Waals surface area contributed by atoms with Crippen molar-refractivity contribution in [3.8, 4) is 11.5 Å². The fraction of sp³-hybridized carbons (Fsp3) is 0.273. The Balaban J connectivity index is 1.66. The van der Waals surface area contributed by atoms with Crippen molar-refractivity contribution in [3.63, 3.8) is 0 Å². The molecule has 33 heavy (non-hydrogen) atoms. The third kappa shape index (κ3) is 6.56. The van der Waals surface area contributed by atoms with E-state index in [1.165, 1.54) is 31.6 Å². The van der Waals surface area contributed by atoms with E-state index < -0.39 is 5.97 Å². The van der Waals surface area contributed by atoms with Crippen LogP contribution in [0.25, 0.3) is 0 Å². The molecule has 0 saturated carbocycles. The second-order valence-electron chi connectivity index (χ2n) is 6.42. The summed E-state index contributed by atoms with van der Waals surface area (Å²) < 4.78 is 26.3. The molecule has 0 aliphatic carbocycles. The SMILES string of the molecule is CCOC(=O)Cc1csc(NN=Cc2cccc(OC)c2OCc2ccc(C(=O)OC)o2)n1. The maximum atomic E-state index is 11.6. The summed E-state index contributed by atoms with van der Waals surface area (Å²) in [5, 5.41) is 6.50. The molecule has 174 valence electrons. The van der Waals surface area contributed by atoms with Crippen molar-refractivity contribution < 1.29 is 33.0 Å². The van der Waals surface area contributed by atoms with Gasteiger partial charge >= 0.3 is 11.9 Å². The molecule has 0 unspecified atom stereocenters. The van der Waals surface area contributed by atoms with Gasteiger partial charge in [-0.15, -0.1) is 11.3 Å². The first-order valence-corrected chi connectivity index (χ1v) is 10.8. The smallest absolute Gasteiger partial charge is 0.373 e. The Labute approximate surface area is 194 Å². The van der Waals surface area contributed by atoms with Crippen molar-refractivity contribution in [2.75, 3.05) is 26.3 Å². The van der Waals surface area contributed by atoms with Crippen molar-refractivity contribution in [1.82, 2.24) is 4.98 Å². The highest BCUT2D eigenvalue weighted by atomic mass is 32.1. The van der Waals surface area contributed by atoms with Gasteiger partial charge in [0.25, 0.3) is 0 Å². The Bertz CT molecular complexity index is 1120. The Morgan fingerprint density at radius 3 is 2.85 bits per heavy atom. The number of hydrogen-bond acceptors (Lipinski definition) is 11. The summed E-state index contributed by atoms with van der Waals surface area (Å²) in [7, 11) is 2.81. The highest BCUT2D eigenvalue weighted by molar-refractivity contribution is 7.13. The van der Waals surface area contributed by atoms with Gasteiger partial charge in [0.05, 0.1) is 39.2 Å². The average molecular weight is 474 g/mol. The van der Waals surface area contributed by atoms with E-state index in [9.17, 15) is 9.59 Å². The van der Waals surface area contributed by atoms with Gasteiger partial charge in [0.1, 0.15) is 12.4 Å². The first kappa shape index (κ1) is 23.8. The van der Waals surface area contributed by atoms with E-state index >= 15 is 0 Å². The molecule has 0 atom stereocenters. The number of nitrogens with one attached hydrogen (secondary N) is 1. The number of benzene rings is 1. The Kier molecular flexibility index (Phi) is 8.42. The average Bonchev–Trinajstić information content (AvgIpc) is 3.47. The number of thiazole rings is 1. The standard InChI is InChI=1S/C22H23N3O7S/c1-4-30-19(26)10-15-13-33-22(24-15)25-23-11-14-6-5-7-17(28-2)20(14)31-12-16-8-9-18(32-16)21(27)29-3/h5-9,11,13H,4,10,12H2,1-3H3,(H,24,25). The van der Waals surface area contributed by atoms with Crippen LogP contribution in [0.1, 0.15) is 34.5 Å². The summed E-state index contributed by atoms with van der Waals surface area (Å²) in [4.78, 5) is 27.4. The van der Waals surface area contributed by atoms with Gasteiger partial charge in [-0.05, 0) is 31.2 Å². The zero-order valence-electron chi connectivity index (χ0n) is 18.3. The van der Waals surface area contributed by atoms with Gasteiger partial charge in [-0.2, -0.15) is 5.10 Å². The largest absolute Gasteiger partial charge is 0.493 e. The van der Waals surface area contributed by atoms with Crippen molar-refractivity contribution in [2.24, 2.45) is 5.10 Å². The minimum atomic E-state index is -0.565. The van der Waals surface area contributed by atoms with Crippen LogP contribution in [0.2, 0.25) is 0 Å². The highest BCUT2D eigenvalue weighted by Gasteiger charge is 2.14. The summed E-state index contributed by atoms with van der Waals surface area (Å²) in [6.45, 7) is 2.15. The molecule has 0 aliphatic rings. The number of hydrogen-bond donors (Lipinski definition) is 1. The summed E-state index contributed by atoms with van der Waals surface area (Å²) in [5.74, 6) is 0.594. The number of aromatic nitrogens is 1. The lowest BCUT2D eigenvalue weighted by Crippen LogP contribution is -2.07. The molecule has 10 nitrogen and oxygen atoms in total. The number of carbonyl (C=O) groups is 2. The van der Waals surface area contributed by atoms with E-state index in [1.54, 1.807) is 42.8 Å². The molecule has 0 radical (unpaired) electrons. The van der Waals surface area contributed by atoms with Crippen LogP contribution < -0.4 is 14.9 Å². The Morgan fingerprint density at radius 1 is 1.24 bits per heavy atom. The molecule has 2 heterocycles. The van der Waals surface area contributed by atoms with Crippen molar-refractivity contribution in [3.05, 3.63) is 58.5 Å². The molecule has 3 rings (SSSR count). The number of anilines is 1. The highest BCUT2D eigenvalue weighted by Crippen LogP contribution is 2.31. The van der Waals surface area contributed by atoms with Crippen LogP contribution in [0.15, 0.2) is 45.2 Å². The monoisotopic (exact) mass is 473 g/mol. The zero-order valence-corrected chi connectivity index (χ0v) is 19.1. The van der Waals surface area contributed by atoms with Gasteiger partial charge in [-0.1, -0.05) is 6.07 Å². The first-order valence-electron chi connectivity index (χ1n) is 9.90. The van der Waals surface area contributed by atoms with Crippen LogP contribution in [0.5, 0.6) is 11.5 Å². The maximum Gasteiger partial charge on any atom is 0.373 e. The molecule has 11 heteroatoms. The van der Waals surface area contributed by atoms with E-state index in [4.69, 9.17) is 18.6 Å². The first-order chi connectivity index (χ1) is 16.0. The Morgan fingerprint density at radius 2 is 2.09 bits per heavy atom. The number of carbonyl (C=O) groups excluding carboxylic acids is 2. The van der Waals surface area contributed by atoms with Gasteiger partial charge in [0.2, 0.25) is 10.9 Å². The number of furan rings is 1. The number of esters is 2. The minimum Gasteiger partial charge on any atom is -0.493 e. The molecular weight excluding hydrogens is 450 g/mol. The maximum absolute atomic E-state index is 11.6. The number of hydrazone groups is 1. The molecule has 0 amide bonds. The van der Waals surface area contributed by atoms with E-state index in [1.807, 2.05) is 0 Å². The van der Waals surface area contributed by atoms with E-state index in [-0.39, 0.29) is 24.8 Å². The molecule has 1 aromatic carbocycles. The van der Waals surface area contributed by atoms with Crippen LogP contribution in [0.3, 0.4) is 0 Å². The number of rotatable bonds is 11. The predicted molar refractivity (Wildman–Crippen MR) is 121 cm³/mol. The van der Waals surface area contributed by atoms with Crippen LogP contribution in [-0.2, 0) is 27.3 Å². The lowest BCUT2D eigenvalue weighted by Gasteiger charge is -2.12. The molecule has 1 N–H and O–H groups in total. The van der Waals surface area contributed by atoms with Crippen molar-refractivity contribution in [1.29, 1.82) is 0 Å². The van der Waals surface area contributed by atoms with Gasteiger partial charge in [0.15, 0.2) is 11.5 Å². The summed E-state index contributed by atoms with van der Waals surface area (Å²) >= 11 is 1.32. The molecule has 3 aromatic rings. The number of ether oxygens (including phenoxy) is 4. The minimum absolute atomic E-state index is 0.0648. The lowest BCUT2D eigenvalue weighted by atomic mass is 10.2. The topological polar surface area (TPSA) is 121 Å². The Hall–Kier alpha value is -3.86. The quantitative estimate of drug-likeness (QED) is 0.252. The van der Waals surface area contributed by atoms with Crippen molar-refractivity contribution >= 4 is 34.6 Å². The normalized spacial score (nSPS) is 10.8. The van der Waals surface area contributed by atoms with Crippen LogP contribution in [-0.4, -0.2) is 44.0 Å². The molecule has 0 fully saturated rings. The number of methoxy groups -OCH3 is 2. The number of para-hydroxylation sites is 1. The fourth-order valence-corrected chi connectivity index (χ4v) is 3.37. The second kappa shape index (κ2) is 11.7.